The first-order valence-corrected chi connectivity index (χ1v) is 8.03. The van der Waals surface area contributed by atoms with E-state index >= 15 is 0 Å². The maximum absolute atomic E-state index is 12.5. The second-order valence-electron chi connectivity index (χ2n) is 5.57. The molecule has 1 aromatic heterocycles. The number of anilines is 3. The Morgan fingerprint density at radius 2 is 1.96 bits per heavy atom. The Kier molecular flexibility index (Phi) is 4.25. The number of para-hydroxylation sites is 1. The molecule has 0 bridgehead atoms. The molecular weight excluding hydrogens is 346 g/mol. The van der Waals surface area contributed by atoms with Gasteiger partial charge in [0, 0.05) is 18.0 Å². The number of ether oxygens (including phenoxy) is 2. The van der Waals surface area contributed by atoms with Crippen LogP contribution in [0.25, 0.3) is 0 Å². The molecule has 0 radical (unpaired) electrons. The van der Waals surface area contributed by atoms with E-state index in [9.17, 15) is 4.79 Å². The van der Waals surface area contributed by atoms with Gasteiger partial charge < -0.3 is 20.1 Å². The van der Waals surface area contributed by atoms with Gasteiger partial charge in [-0.25, -0.2) is 9.97 Å². The van der Waals surface area contributed by atoms with Crippen LogP contribution >= 0.6 is 0 Å². The molecule has 1 amide bonds. The van der Waals surface area contributed by atoms with Gasteiger partial charge in [0.1, 0.15) is 11.8 Å². The first-order chi connectivity index (χ1) is 13.2. The molecule has 0 atom stereocenters. The first kappa shape index (κ1) is 16.4. The number of benzene rings is 2. The lowest BCUT2D eigenvalue weighted by atomic mass is 10.2. The van der Waals surface area contributed by atoms with Crippen LogP contribution in [0.5, 0.6) is 11.5 Å². The SMILES string of the molecule is N#Cc1ccccc1Nc1nccc(C(=O)Nc2ccc3c(c2)OCO3)n1. The minimum Gasteiger partial charge on any atom is -0.454 e. The van der Waals surface area contributed by atoms with Gasteiger partial charge in [-0.1, -0.05) is 12.1 Å². The molecule has 2 N–H and O–H groups in total. The summed E-state index contributed by atoms with van der Waals surface area (Å²) < 4.78 is 10.5. The summed E-state index contributed by atoms with van der Waals surface area (Å²) in [5, 5.41) is 14.9. The molecule has 1 aliphatic heterocycles. The van der Waals surface area contributed by atoms with Crippen molar-refractivity contribution in [2.75, 3.05) is 17.4 Å². The molecule has 0 spiro atoms. The Bertz CT molecular complexity index is 1060. The molecule has 2 heterocycles. The Hall–Kier alpha value is -4.12. The number of rotatable bonds is 4. The highest BCUT2D eigenvalue weighted by atomic mass is 16.7. The zero-order chi connectivity index (χ0) is 18.6. The summed E-state index contributed by atoms with van der Waals surface area (Å²) in [6, 6.07) is 15.7. The zero-order valence-corrected chi connectivity index (χ0v) is 14.0. The summed E-state index contributed by atoms with van der Waals surface area (Å²) >= 11 is 0. The van der Waals surface area contributed by atoms with Gasteiger partial charge in [-0.2, -0.15) is 5.26 Å². The topological polar surface area (TPSA) is 109 Å². The fourth-order valence-corrected chi connectivity index (χ4v) is 2.52. The normalized spacial score (nSPS) is 11.5. The standard InChI is InChI=1S/C19H13N5O3/c20-10-12-3-1-2-4-14(12)23-19-21-8-7-15(24-19)18(25)22-13-5-6-16-17(9-13)27-11-26-16/h1-9H,11H2,(H,22,25)(H,21,23,24). The Morgan fingerprint density at radius 1 is 1.11 bits per heavy atom. The summed E-state index contributed by atoms with van der Waals surface area (Å²) in [6.45, 7) is 0.165. The van der Waals surface area contributed by atoms with E-state index in [1.54, 1.807) is 42.5 Å². The number of hydrogen-bond acceptors (Lipinski definition) is 7. The lowest BCUT2D eigenvalue weighted by Crippen LogP contribution is -2.14. The van der Waals surface area contributed by atoms with Crippen LogP contribution in [0, 0.1) is 11.3 Å². The highest BCUT2D eigenvalue weighted by molar-refractivity contribution is 6.03. The molecule has 27 heavy (non-hydrogen) atoms. The second kappa shape index (κ2) is 7.01. The molecule has 0 aliphatic carbocycles. The average Bonchev–Trinajstić information content (AvgIpc) is 3.16. The van der Waals surface area contributed by atoms with Crippen LogP contribution in [0.2, 0.25) is 0 Å². The van der Waals surface area contributed by atoms with E-state index in [2.05, 4.69) is 26.7 Å². The van der Waals surface area contributed by atoms with Crippen LogP contribution in [0.3, 0.4) is 0 Å². The van der Waals surface area contributed by atoms with Crippen LogP contribution in [-0.4, -0.2) is 22.7 Å². The monoisotopic (exact) mass is 359 g/mol. The van der Waals surface area contributed by atoms with Gasteiger partial charge in [-0.3, -0.25) is 4.79 Å². The number of hydrogen-bond donors (Lipinski definition) is 2. The lowest BCUT2D eigenvalue weighted by molar-refractivity contribution is 0.102. The maximum atomic E-state index is 12.5. The molecule has 0 unspecified atom stereocenters. The maximum Gasteiger partial charge on any atom is 0.274 e. The van der Waals surface area contributed by atoms with E-state index < -0.39 is 5.91 Å². The van der Waals surface area contributed by atoms with Gasteiger partial charge in [0.25, 0.3) is 5.91 Å². The van der Waals surface area contributed by atoms with Gasteiger partial charge in [0.05, 0.1) is 11.3 Å². The summed E-state index contributed by atoms with van der Waals surface area (Å²) in [6.07, 6.45) is 1.47. The lowest BCUT2D eigenvalue weighted by Gasteiger charge is -2.08. The van der Waals surface area contributed by atoms with Crippen molar-refractivity contribution >= 4 is 23.2 Å². The number of fused-ring (bicyclic) bond motifs is 1. The number of nitrogens with zero attached hydrogens (tertiary/aromatic N) is 3. The number of carbonyl (C=O) groups excluding carboxylic acids is 1. The van der Waals surface area contributed by atoms with Crippen LogP contribution in [0.4, 0.5) is 17.3 Å². The van der Waals surface area contributed by atoms with Crippen LogP contribution in [0.1, 0.15) is 16.1 Å². The fraction of sp³-hybridized carbons (Fsp3) is 0.0526. The Morgan fingerprint density at radius 3 is 2.85 bits per heavy atom. The average molecular weight is 359 g/mol. The van der Waals surface area contributed by atoms with Gasteiger partial charge in [0.2, 0.25) is 12.7 Å². The fourth-order valence-electron chi connectivity index (χ4n) is 2.52. The van der Waals surface area contributed by atoms with Gasteiger partial charge in [-0.15, -0.1) is 0 Å². The highest BCUT2D eigenvalue weighted by Gasteiger charge is 2.15. The van der Waals surface area contributed by atoms with E-state index in [0.717, 1.165) is 0 Å². The van der Waals surface area contributed by atoms with E-state index in [1.165, 1.54) is 12.3 Å². The summed E-state index contributed by atoms with van der Waals surface area (Å²) in [5.41, 5.74) is 1.76. The third kappa shape index (κ3) is 3.48. The predicted molar refractivity (Wildman–Crippen MR) is 97.0 cm³/mol. The smallest absolute Gasteiger partial charge is 0.274 e. The van der Waals surface area contributed by atoms with Gasteiger partial charge >= 0.3 is 0 Å². The molecule has 8 heteroatoms. The molecule has 2 aromatic carbocycles. The van der Waals surface area contributed by atoms with Crippen molar-refractivity contribution in [3.8, 4) is 17.6 Å². The van der Waals surface area contributed by atoms with Crippen LogP contribution in [0.15, 0.2) is 54.7 Å². The van der Waals surface area contributed by atoms with Crippen molar-refractivity contribution in [3.63, 3.8) is 0 Å². The largest absolute Gasteiger partial charge is 0.454 e. The second-order valence-corrected chi connectivity index (χ2v) is 5.57. The number of amides is 1. The summed E-state index contributed by atoms with van der Waals surface area (Å²) in [7, 11) is 0. The van der Waals surface area contributed by atoms with Crippen LogP contribution < -0.4 is 20.1 Å². The van der Waals surface area contributed by atoms with Crippen LogP contribution in [-0.2, 0) is 0 Å². The molecule has 0 saturated heterocycles. The third-order valence-corrected chi connectivity index (χ3v) is 3.81. The number of carbonyl (C=O) groups is 1. The summed E-state index contributed by atoms with van der Waals surface area (Å²) in [5.74, 6) is 1.03. The van der Waals surface area contributed by atoms with Crippen molar-refractivity contribution in [2.45, 2.75) is 0 Å². The molecule has 3 aromatic rings. The molecule has 0 saturated carbocycles. The van der Waals surface area contributed by atoms with Crippen molar-refractivity contribution in [1.29, 1.82) is 5.26 Å². The van der Waals surface area contributed by atoms with Gasteiger partial charge in [0.15, 0.2) is 11.5 Å². The third-order valence-electron chi connectivity index (χ3n) is 3.81. The molecule has 132 valence electrons. The number of nitriles is 1. The van der Waals surface area contributed by atoms with E-state index in [1.807, 2.05) is 0 Å². The minimum absolute atomic E-state index is 0.165. The van der Waals surface area contributed by atoms with Gasteiger partial charge in [-0.05, 0) is 30.3 Å². The molecular formula is C19H13N5O3. The van der Waals surface area contributed by atoms with E-state index in [-0.39, 0.29) is 18.4 Å². The number of aromatic nitrogens is 2. The summed E-state index contributed by atoms with van der Waals surface area (Å²) in [4.78, 5) is 20.8. The Labute approximate surface area is 154 Å². The molecule has 1 aliphatic rings. The predicted octanol–water partition coefficient (Wildman–Crippen LogP) is 3.07. The molecule has 8 nitrogen and oxygen atoms in total. The highest BCUT2D eigenvalue weighted by Crippen LogP contribution is 2.34. The van der Waals surface area contributed by atoms with Crippen molar-refractivity contribution in [2.24, 2.45) is 0 Å². The van der Waals surface area contributed by atoms with Crippen molar-refractivity contribution in [1.82, 2.24) is 9.97 Å². The molecule has 0 fully saturated rings. The number of nitrogens with one attached hydrogen (secondary N) is 2. The first-order valence-electron chi connectivity index (χ1n) is 8.03. The zero-order valence-electron chi connectivity index (χ0n) is 14.0. The Balaban J connectivity index is 1.52. The molecule has 4 rings (SSSR count). The minimum atomic E-state index is -0.395. The van der Waals surface area contributed by atoms with Crippen molar-refractivity contribution < 1.29 is 14.3 Å². The quantitative estimate of drug-likeness (QED) is 0.737. The van der Waals surface area contributed by atoms with E-state index in [4.69, 9.17) is 14.7 Å². The van der Waals surface area contributed by atoms with Crippen molar-refractivity contribution in [3.05, 3.63) is 66.0 Å². The van der Waals surface area contributed by atoms with E-state index in [0.29, 0.717) is 28.4 Å².